The Morgan fingerprint density at radius 2 is 2.00 bits per heavy atom. The van der Waals surface area contributed by atoms with Gasteiger partial charge >= 0.3 is 0 Å². The normalized spacial score (nSPS) is 16.5. The summed E-state index contributed by atoms with van der Waals surface area (Å²) >= 11 is 0. The van der Waals surface area contributed by atoms with Gasteiger partial charge < -0.3 is 10.5 Å². The first-order chi connectivity index (χ1) is 9.29. The van der Waals surface area contributed by atoms with Gasteiger partial charge in [-0.25, -0.2) is 0 Å². The second-order valence-corrected chi connectivity index (χ2v) is 5.41. The Balaban J connectivity index is 2.01. The van der Waals surface area contributed by atoms with Crippen LogP contribution in [0.3, 0.4) is 0 Å². The topological polar surface area (TPSA) is 38.5 Å². The first kappa shape index (κ1) is 14.2. The van der Waals surface area contributed by atoms with Crippen molar-refractivity contribution in [3.63, 3.8) is 0 Å². The second-order valence-electron chi connectivity index (χ2n) is 5.41. The van der Waals surface area contributed by atoms with Crippen LogP contribution < -0.4 is 10.5 Å². The molecule has 0 bridgehead atoms. The molecule has 2 rings (SSSR count). The first-order valence-electron chi connectivity index (χ1n) is 7.53. The second kappa shape index (κ2) is 7.39. The molecule has 1 saturated heterocycles. The molecule has 1 fully saturated rings. The molecule has 19 heavy (non-hydrogen) atoms. The number of hydrogen-bond donors (Lipinski definition) is 1. The summed E-state index contributed by atoms with van der Waals surface area (Å²) in [5.74, 6) is 1.01. The predicted octanol–water partition coefficient (Wildman–Crippen LogP) is 3.43. The number of likely N-dealkylation sites (tertiary alicyclic amines) is 1. The Morgan fingerprint density at radius 1 is 1.21 bits per heavy atom. The Labute approximate surface area is 116 Å². The zero-order chi connectivity index (χ0) is 13.5. The average molecular weight is 262 g/mol. The van der Waals surface area contributed by atoms with E-state index < -0.39 is 0 Å². The van der Waals surface area contributed by atoms with E-state index in [4.69, 9.17) is 10.5 Å². The van der Waals surface area contributed by atoms with E-state index in [2.05, 4.69) is 17.9 Å². The number of rotatable bonds is 6. The number of unbranched alkanes of at least 4 members (excludes halogenated alkanes) is 1. The van der Waals surface area contributed by atoms with Crippen molar-refractivity contribution in [3.05, 3.63) is 23.8 Å². The average Bonchev–Trinajstić information content (AvgIpc) is 2.43. The predicted molar refractivity (Wildman–Crippen MR) is 80.4 cm³/mol. The molecule has 0 saturated carbocycles. The molecule has 106 valence electrons. The van der Waals surface area contributed by atoms with Gasteiger partial charge in [0.05, 0.1) is 6.61 Å². The molecular weight excluding hydrogens is 236 g/mol. The van der Waals surface area contributed by atoms with Crippen LogP contribution >= 0.6 is 0 Å². The standard InChI is InChI=1S/C16H26N2O/c1-2-3-11-19-16-8-7-15(17)12-14(16)13-18-9-5-4-6-10-18/h7-8,12H,2-6,9-11,13,17H2,1H3. The number of benzene rings is 1. The van der Waals surface area contributed by atoms with Crippen molar-refractivity contribution in [3.8, 4) is 5.75 Å². The molecule has 1 aromatic rings. The van der Waals surface area contributed by atoms with Gasteiger partial charge in [-0.05, 0) is 50.6 Å². The third-order valence-corrected chi connectivity index (χ3v) is 3.68. The Hall–Kier alpha value is -1.22. The molecule has 0 aromatic heterocycles. The van der Waals surface area contributed by atoms with E-state index in [-0.39, 0.29) is 0 Å². The minimum absolute atomic E-state index is 0.799. The van der Waals surface area contributed by atoms with Crippen LogP contribution in [-0.2, 0) is 6.54 Å². The van der Waals surface area contributed by atoms with E-state index >= 15 is 0 Å². The van der Waals surface area contributed by atoms with E-state index in [9.17, 15) is 0 Å². The first-order valence-corrected chi connectivity index (χ1v) is 7.53. The van der Waals surface area contributed by atoms with E-state index in [1.54, 1.807) is 0 Å². The summed E-state index contributed by atoms with van der Waals surface area (Å²) in [6, 6.07) is 6.02. The Morgan fingerprint density at radius 3 is 2.74 bits per heavy atom. The summed E-state index contributed by atoms with van der Waals surface area (Å²) in [6.07, 6.45) is 6.26. The lowest BCUT2D eigenvalue weighted by molar-refractivity contribution is 0.215. The van der Waals surface area contributed by atoms with Crippen LogP contribution in [0.1, 0.15) is 44.6 Å². The number of ether oxygens (including phenoxy) is 1. The minimum Gasteiger partial charge on any atom is -0.493 e. The van der Waals surface area contributed by atoms with Crippen molar-refractivity contribution in [2.75, 3.05) is 25.4 Å². The number of nitrogen functional groups attached to an aromatic ring is 1. The molecule has 1 aliphatic heterocycles. The maximum atomic E-state index is 5.91. The number of piperidine rings is 1. The maximum absolute atomic E-state index is 5.91. The van der Waals surface area contributed by atoms with Crippen LogP contribution in [0.4, 0.5) is 5.69 Å². The summed E-state index contributed by atoms with van der Waals surface area (Å²) in [7, 11) is 0. The van der Waals surface area contributed by atoms with Gasteiger partial charge in [0, 0.05) is 17.8 Å². The highest BCUT2D eigenvalue weighted by molar-refractivity contribution is 5.47. The molecule has 1 heterocycles. The molecule has 0 unspecified atom stereocenters. The van der Waals surface area contributed by atoms with Crippen molar-refractivity contribution in [2.45, 2.75) is 45.6 Å². The fraction of sp³-hybridized carbons (Fsp3) is 0.625. The fourth-order valence-corrected chi connectivity index (χ4v) is 2.55. The fourth-order valence-electron chi connectivity index (χ4n) is 2.55. The SMILES string of the molecule is CCCCOc1ccc(N)cc1CN1CCCCC1. The van der Waals surface area contributed by atoms with Gasteiger partial charge in [-0.2, -0.15) is 0 Å². The van der Waals surface area contributed by atoms with Gasteiger partial charge in [0.1, 0.15) is 5.75 Å². The monoisotopic (exact) mass is 262 g/mol. The van der Waals surface area contributed by atoms with Crippen molar-refractivity contribution in [2.24, 2.45) is 0 Å². The third kappa shape index (κ3) is 4.43. The summed E-state index contributed by atoms with van der Waals surface area (Å²) in [6.45, 7) is 6.34. The minimum atomic E-state index is 0.799. The summed E-state index contributed by atoms with van der Waals surface area (Å²) < 4.78 is 5.89. The number of hydrogen-bond acceptors (Lipinski definition) is 3. The maximum Gasteiger partial charge on any atom is 0.123 e. The summed E-state index contributed by atoms with van der Waals surface area (Å²) in [4.78, 5) is 2.50. The van der Waals surface area contributed by atoms with Crippen LogP contribution in [0.5, 0.6) is 5.75 Å². The number of anilines is 1. The molecule has 3 heteroatoms. The van der Waals surface area contributed by atoms with Gasteiger partial charge in [-0.15, -0.1) is 0 Å². The van der Waals surface area contributed by atoms with Crippen LogP contribution in [0.2, 0.25) is 0 Å². The van der Waals surface area contributed by atoms with Crippen molar-refractivity contribution in [1.82, 2.24) is 4.90 Å². The molecule has 0 spiro atoms. The third-order valence-electron chi connectivity index (χ3n) is 3.68. The molecule has 1 aromatic carbocycles. The quantitative estimate of drug-likeness (QED) is 0.630. The summed E-state index contributed by atoms with van der Waals surface area (Å²) in [5.41, 5.74) is 7.98. The van der Waals surface area contributed by atoms with Gasteiger partial charge in [0.25, 0.3) is 0 Å². The molecule has 2 N–H and O–H groups in total. The van der Waals surface area contributed by atoms with E-state index in [1.165, 1.54) is 37.9 Å². The molecular formula is C16H26N2O. The van der Waals surface area contributed by atoms with E-state index in [0.29, 0.717) is 0 Å². The van der Waals surface area contributed by atoms with Gasteiger partial charge in [0.15, 0.2) is 0 Å². The highest BCUT2D eigenvalue weighted by atomic mass is 16.5. The highest BCUT2D eigenvalue weighted by Crippen LogP contribution is 2.24. The molecule has 1 aliphatic rings. The van der Waals surface area contributed by atoms with E-state index in [0.717, 1.165) is 37.4 Å². The lowest BCUT2D eigenvalue weighted by atomic mass is 10.1. The highest BCUT2D eigenvalue weighted by Gasteiger charge is 2.13. The van der Waals surface area contributed by atoms with Crippen LogP contribution in [-0.4, -0.2) is 24.6 Å². The van der Waals surface area contributed by atoms with Crippen molar-refractivity contribution in [1.29, 1.82) is 0 Å². The number of nitrogens with two attached hydrogens (primary N) is 1. The van der Waals surface area contributed by atoms with Crippen LogP contribution in [0.15, 0.2) is 18.2 Å². The Kier molecular flexibility index (Phi) is 5.52. The smallest absolute Gasteiger partial charge is 0.123 e. The summed E-state index contributed by atoms with van der Waals surface area (Å²) in [5, 5.41) is 0. The van der Waals surface area contributed by atoms with Crippen molar-refractivity contribution >= 4 is 5.69 Å². The van der Waals surface area contributed by atoms with Gasteiger partial charge in [0.2, 0.25) is 0 Å². The number of nitrogens with zero attached hydrogens (tertiary/aromatic N) is 1. The van der Waals surface area contributed by atoms with Gasteiger partial charge in [-0.1, -0.05) is 19.8 Å². The van der Waals surface area contributed by atoms with Crippen LogP contribution in [0, 0.1) is 0 Å². The van der Waals surface area contributed by atoms with Crippen LogP contribution in [0.25, 0.3) is 0 Å². The molecule has 0 atom stereocenters. The molecule has 0 amide bonds. The molecule has 3 nitrogen and oxygen atoms in total. The largest absolute Gasteiger partial charge is 0.493 e. The van der Waals surface area contributed by atoms with Gasteiger partial charge in [-0.3, -0.25) is 4.90 Å². The zero-order valence-electron chi connectivity index (χ0n) is 12.0. The lowest BCUT2D eigenvalue weighted by Gasteiger charge is -2.27. The molecule has 0 radical (unpaired) electrons. The lowest BCUT2D eigenvalue weighted by Crippen LogP contribution is -2.29. The molecule has 0 aliphatic carbocycles. The Bertz CT molecular complexity index is 386. The van der Waals surface area contributed by atoms with Crippen molar-refractivity contribution < 1.29 is 4.74 Å². The zero-order valence-corrected chi connectivity index (χ0v) is 12.0. The van der Waals surface area contributed by atoms with E-state index in [1.807, 2.05) is 12.1 Å².